The molecule has 304 valence electrons. The second-order valence-corrected chi connectivity index (χ2v) is 16.5. The molecule has 0 atom stereocenters. The van der Waals surface area contributed by atoms with Crippen molar-refractivity contribution in [3.8, 4) is 16.8 Å². The van der Waals surface area contributed by atoms with Crippen LogP contribution in [-0.4, -0.2) is 22.5 Å². The Labute approximate surface area is 372 Å². The van der Waals surface area contributed by atoms with Crippen LogP contribution in [0.25, 0.3) is 104 Å². The third-order valence-corrected chi connectivity index (χ3v) is 12.7. The minimum atomic E-state index is 0.0930. The highest BCUT2D eigenvalue weighted by Crippen LogP contribution is 2.41. The van der Waals surface area contributed by atoms with Crippen LogP contribution in [0.15, 0.2) is 225 Å². The van der Waals surface area contributed by atoms with Crippen molar-refractivity contribution in [1.29, 1.82) is 5.41 Å². The lowest BCUT2D eigenvalue weighted by Crippen LogP contribution is -2.06. The Bertz CT molecular complexity index is 4150. The van der Waals surface area contributed by atoms with Crippen LogP contribution in [0, 0.1) is 5.41 Å². The van der Waals surface area contributed by atoms with Crippen LogP contribution in [0.5, 0.6) is 0 Å². The van der Waals surface area contributed by atoms with Gasteiger partial charge < -0.3 is 13.4 Å². The maximum Gasteiger partial charge on any atom is 0.161 e. The summed E-state index contributed by atoms with van der Waals surface area (Å²) in [5.74, 6) is 0.473. The number of hydrogen-bond donors (Lipinski definition) is 1. The molecule has 3 aromatic heterocycles. The monoisotopic (exact) mass is 832 g/mol. The van der Waals surface area contributed by atoms with Crippen molar-refractivity contribution in [3.63, 3.8) is 0 Å². The quantitative estimate of drug-likeness (QED) is 0.138. The summed E-state index contributed by atoms with van der Waals surface area (Å²) in [6, 6.07) is 70.9. The predicted octanol–water partition coefficient (Wildman–Crippen LogP) is 15.4. The van der Waals surface area contributed by atoms with Gasteiger partial charge in [0.25, 0.3) is 0 Å². The van der Waals surface area contributed by atoms with E-state index >= 15 is 0 Å². The zero-order chi connectivity index (χ0) is 43.0. The molecule has 0 bridgehead atoms. The topological polar surface area (TPSA) is 79.8 Å². The Morgan fingerprint density at radius 3 is 1.95 bits per heavy atom. The lowest BCUT2D eigenvalue weighted by Gasteiger charge is -2.13. The highest BCUT2D eigenvalue weighted by Gasteiger charge is 2.22. The zero-order valence-electron chi connectivity index (χ0n) is 34.9. The average Bonchev–Trinajstić information content (AvgIpc) is 4.04. The van der Waals surface area contributed by atoms with Crippen LogP contribution in [0.4, 0.5) is 0 Å². The van der Waals surface area contributed by atoms with E-state index in [1.807, 2.05) is 91.1 Å². The number of benzene rings is 10. The molecular weight excluding hydrogens is 797 g/mol. The van der Waals surface area contributed by atoms with Gasteiger partial charge in [-0.2, -0.15) is 0 Å². The second-order valence-electron chi connectivity index (χ2n) is 16.5. The molecule has 1 N–H and O–H groups in total. The summed E-state index contributed by atoms with van der Waals surface area (Å²) in [4.78, 5) is 10.4. The number of furan rings is 2. The van der Waals surface area contributed by atoms with Gasteiger partial charge in [0.1, 0.15) is 22.3 Å². The number of para-hydroxylation sites is 2. The van der Waals surface area contributed by atoms with E-state index in [4.69, 9.17) is 18.8 Å². The molecule has 0 spiro atoms. The Kier molecular flexibility index (Phi) is 8.26. The Balaban J connectivity index is 1.07. The molecule has 13 rings (SSSR count). The van der Waals surface area contributed by atoms with Crippen molar-refractivity contribution in [2.24, 2.45) is 9.98 Å². The van der Waals surface area contributed by atoms with Gasteiger partial charge in [0.05, 0.1) is 22.3 Å². The molecule has 3 heterocycles. The summed E-state index contributed by atoms with van der Waals surface area (Å²) in [5, 5.41) is 20.5. The summed E-state index contributed by atoms with van der Waals surface area (Å²) >= 11 is 0. The predicted molar refractivity (Wildman–Crippen MR) is 270 cm³/mol. The van der Waals surface area contributed by atoms with Gasteiger partial charge in [-0.25, -0.2) is 9.98 Å². The molecule has 0 aliphatic carbocycles. The Morgan fingerprint density at radius 1 is 0.446 bits per heavy atom. The van der Waals surface area contributed by atoms with Crippen molar-refractivity contribution in [3.05, 3.63) is 223 Å². The smallest absolute Gasteiger partial charge is 0.161 e. The first-order valence-corrected chi connectivity index (χ1v) is 21.7. The Hall–Kier alpha value is -8.87. The number of hydrogen-bond acceptors (Lipinski definition) is 3. The Morgan fingerprint density at radius 2 is 1.12 bits per heavy atom. The van der Waals surface area contributed by atoms with Crippen LogP contribution in [0.2, 0.25) is 0 Å². The van der Waals surface area contributed by atoms with E-state index in [1.165, 1.54) is 21.5 Å². The fourth-order valence-electron chi connectivity index (χ4n) is 9.66. The largest absolute Gasteiger partial charge is 0.456 e. The van der Waals surface area contributed by atoms with E-state index in [0.717, 1.165) is 88.0 Å². The zero-order valence-corrected chi connectivity index (χ0v) is 34.9. The number of aliphatic imine (C=N–C) groups is 2. The highest BCUT2D eigenvalue weighted by atomic mass is 16.3. The van der Waals surface area contributed by atoms with Gasteiger partial charge in [0, 0.05) is 49.7 Å². The molecule has 10 aromatic carbocycles. The van der Waals surface area contributed by atoms with E-state index in [0.29, 0.717) is 17.0 Å². The van der Waals surface area contributed by atoms with Crippen molar-refractivity contribution >= 4 is 105 Å². The summed E-state index contributed by atoms with van der Waals surface area (Å²) < 4.78 is 15.4. The van der Waals surface area contributed by atoms with Crippen LogP contribution in [0.3, 0.4) is 0 Å². The average molecular weight is 833 g/mol. The fourth-order valence-corrected chi connectivity index (χ4v) is 9.66. The lowest BCUT2D eigenvalue weighted by atomic mass is 10.0. The van der Waals surface area contributed by atoms with Gasteiger partial charge >= 0.3 is 0 Å². The van der Waals surface area contributed by atoms with Crippen LogP contribution in [0.1, 0.15) is 16.7 Å². The molecule has 0 aliphatic heterocycles. The maximum absolute atomic E-state index is 9.49. The van der Waals surface area contributed by atoms with Crippen molar-refractivity contribution in [2.45, 2.75) is 0 Å². The SMILES string of the molecule is N=C(N=C(N=Cc1c(-n2c3cc4ccccc4cc3c3c4ccccc4ccc32)ccc2c1oc1ccccc12)c1ccc2oc3ccccc3c2c1)c1cccc(-c2ccccc2)c1. The highest BCUT2D eigenvalue weighted by molar-refractivity contribution is 6.24. The molecule has 0 saturated heterocycles. The molecule has 0 radical (unpaired) electrons. The fraction of sp³-hybridized carbons (Fsp3) is 0. The molecule has 0 unspecified atom stereocenters. The molecule has 0 saturated carbocycles. The van der Waals surface area contributed by atoms with Gasteiger partial charge in [0.15, 0.2) is 11.7 Å². The number of nitrogens with zero attached hydrogens (tertiary/aromatic N) is 3. The normalized spacial score (nSPS) is 12.4. The number of aromatic nitrogens is 1. The van der Waals surface area contributed by atoms with E-state index in [-0.39, 0.29) is 5.84 Å². The second kappa shape index (κ2) is 14.6. The van der Waals surface area contributed by atoms with Gasteiger partial charge in [-0.15, -0.1) is 0 Å². The number of nitrogens with one attached hydrogen (secondary N) is 1. The van der Waals surface area contributed by atoms with Crippen LogP contribution >= 0.6 is 0 Å². The molecule has 0 aliphatic rings. The molecule has 0 amide bonds. The standard InChI is InChI=1S/C59H36N4O2/c60-58(41-19-12-18-38(31-41)36-13-2-1-3-14-36)62-59(42-26-30-55-47(33-42)45-22-9-10-23-53(45)64-55)61-35-49-50(29-27-46-44-21-8-11-24-54(44)65-57(46)49)63-51-28-25-37-15-6-7-20-43(37)56(51)48-32-39-16-4-5-17-40(39)34-52(48)63/h1-35,60H. The maximum atomic E-state index is 9.49. The first-order valence-electron chi connectivity index (χ1n) is 21.7. The van der Waals surface area contributed by atoms with Gasteiger partial charge in [0.2, 0.25) is 0 Å². The minimum Gasteiger partial charge on any atom is -0.456 e. The first kappa shape index (κ1) is 36.8. The van der Waals surface area contributed by atoms with Gasteiger partial charge in [-0.3, -0.25) is 5.41 Å². The van der Waals surface area contributed by atoms with E-state index in [1.54, 1.807) is 0 Å². The summed E-state index contributed by atoms with van der Waals surface area (Å²) in [5.41, 5.74) is 10.4. The lowest BCUT2D eigenvalue weighted by molar-refractivity contribution is 0.668. The third kappa shape index (κ3) is 5.99. The summed E-state index contributed by atoms with van der Waals surface area (Å²) in [6.07, 6.45) is 1.88. The molecule has 6 nitrogen and oxygen atoms in total. The summed E-state index contributed by atoms with van der Waals surface area (Å²) in [6.45, 7) is 0. The summed E-state index contributed by atoms with van der Waals surface area (Å²) in [7, 11) is 0. The molecule has 13 aromatic rings. The van der Waals surface area contributed by atoms with E-state index in [2.05, 4.69) is 126 Å². The molecule has 0 fully saturated rings. The van der Waals surface area contributed by atoms with Crippen molar-refractivity contribution < 1.29 is 8.83 Å². The van der Waals surface area contributed by atoms with Crippen molar-refractivity contribution in [2.75, 3.05) is 0 Å². The molecule has 6 heteroatoms. The van der Waals surface area contributed by atoms with Crippen LogP contribution < -0.4 is 0 Å². The molecular formula is C59H36N4O2. The number of amidine groups is 2. The van der Waals surface area contributed by atoms with E-state index < -0.39 is 0 Å². The van der Waals surface area contributed by atoms with Crippen molar-refractivity contribution in [1.82, 2.24) is 4.57 Å². The third-order valence-electron chi connectivity index (χ3n) is 12.7. The van der Waals surface area contributed by atoms with E-state index in [9.17, 15) is 5.41 Å². The van der Waals surface area contributed by atoms with Gasteiger partial charge in [-0.05, 0) is 99.4 Å². The number of fused-ring (bicyclic) bond motifs is 12. The first-order chi connectivity index (χ1) is 32.1. The molecule has 65 heavy (non-hydrogen) atoms. The minimum absolute atomic E-state index is 0.0930. The number of rotatable bonds is 5. The van der Waals surface area contributed by atoms with Gasteiger partial charge in [-0.1, -0.05) is 140 Å². The van der Waals surface area contributed by atoms with Crippen LogP contribution in [-0.2, 0) is 0 Å².